The molecule has 0 spiro atoms. The van der Waals surface area contributed by atoms with Gasteiger partial charge in [-0.15, -0.1) is 0 Å². The minimum atomic E-state index is -0.968. The normalized spacial score (nSPS) is 20.3. The van der Waals surface area contributed by atoms with Crippen LogP contribution in [0.3, 0.4) is 0 Å². The average Bonchev–Trinajstić information content (AvgIpc) is 2.44. The van der Waals surface area contributed by atoms with Gasteiger partial charge in [-0.05, 0) is 30.0 Å². The van der Waals surface area contributed by atoms with Crippen molar-refractivity contribution in [1.82, 2.24) is 9.55 Å². The van der Waals surface area contributed by atoms with Crippen LogP contribution in [0.5, 0.6) is 0 Å². The van der Waals surface area contributed by atoms with Crippen LogP contribution in [0.25, 0.3) is 11.0 Å². The molecule has 2 atom stereocenters. The molecule has 0 aliphatic carbocycles. The van der Waals surface area contributed by atoms with Gasteiger partial charge in [-0.3, -0.25) is 19.0 Å². The lowest BCUT2D eigenvalue weighted by Crippen LogP contribution is -2.43. The largest absolute Gasteiger partial charge is 0.481 e. The van der Waals surface area contributed by atoms with Gasteiger partial charge in [-0.25, -0.2) is 0 Å². The number of benzene rings is 1. The zero-order chi connectivity index (χ0) is 16.0. The maximum atomic E-state index is 12.4. The topological polar surface area (TPSA) is 92.2 Å². The molecule has 0 saturated carbocycles. The summed E-state index contributed by atoms with van der Waals surface area (Å²) < 4.78 is 2.21. The highest BCUT2D eigenvalue weighted by molar-refractivity contribution is 9.10. The molecule has 7 heteroatoms. The number of rotatable bonds is 3. The third-order valence-corrected chi connectivity index (χ3v) is 4.78. The molecule has 116 valence electrons. The van der Waals surface area contributed by atoms with Crippen LogP contribution in [0.4, 0.5) is 0 Å². The van der Waals surface area contributed by atoms with Crippen molar-refractivity contribution in [2.75, 3.05) is 0 Å². The molecule has 1 aromatic carbocycles. The number of hydrogen-bond acceptors (Lipinski definition) is 3. The van der Waals surface area contributed by atoms with Crippen LogP contribution in [0.2, 0.25) is 0 Å². The van der Waals surface area contributed by atoms with E-state index in [1.165, 1.54) is 4.57 Å². The first-order valence-electron chi connectivity index (χ1n) is 7.11. The Bertz CT molecular complexity index is 883. The molecule has 0 bridgehead atoms. The number of carboxylic acids is 1. The van der Waals surface area contributed by atoms with Crippen LogP contribution >= 0.6 is 15.9 Å². The second-order valence-corrected chi connectivity index (χ2v) is 6.54. The van der Waals surface area contributed by atoms with E-state index in [0.717, 1.165) is 16.5 Å². The summed E-state index contributed by atoms with van der Waals surface area (Å²) in [4.78, 5) is 38.1. The second-order valence-electron chi connectivity index (χ2n) is 5.63. The van der Waals surface area contributed by atoms with Crippen molar-refractivity contribution < 1.29 is 9.90 Å². The Morgan fingerprint density at radius 3 is 2.82 bits per heavy atom. The standard InChI is InChI=1S/C15H15BrN2O4/c1-2-7-3-8-4-9(16)5-10-13(8)18(11(7)6-12(19)20)15(22)14(21)17-10/h4-5,7,11H,2-3,6H2,1H3,(H,17,21)(H,19,20)/t7-,11?/m0/s1. The van der Waals surface area contributed by atoms with E-state index in [2.05, 4.69) is 20.9 Å². The lowest BCUT2D eigenvalue weighted by atomic mass is 9.84. The zero-order valence-electron chi connectivity index (χ0n) is 11.9. The molecule has 3 rings (SSSR count). The van der Waals surface area contributed by atoms with Crippen molar-refractivity contribution in [2.45, 2.75) is 32.2 Å². The van der Waals surface area contributed by atoms with Crippen LogP contribution in [-0.4, -0.2) is 20.6 Å². The van der Waals surface area contributed by atoms with E-state index in [4.69, 9.17) is 0 Å². The van der Waals surface area contributed by atoms with Gasteiger partial charge in [-0.1, -0.05) is 29.3 Å². The number of hydrogen-bond donors (Lipinski definition) is 2. The van der Waals surface area contributed by atoms with Crippen LogP contribution in [0.1, 0.15) is 31.4 Å². The minimum Gasteiger partial charge on any atom is -0.481 e. The summed E-state index contributed by atoms with van der Waals surface area (Å²) in [7, 11) is 0. The molecule has 6 nitrogen and oxygen atoms in total. The molecule has 0 saturated heterocycles. The van der Waals surface area contributed by atoms with Crippen molar-refractivity contribution in [3.05, 3.63) is 42.9 Å². The van der Waals surface area contributed by atoms with Crippen molar-refractivity contribution in [3.8, 4) is 0 Å². The number of H-pyrrole nitrogens is 1. The van der Waals surface area contributed by atoms with E-state index in [1.54, 1.807) is 6.07 Å². The average molecular weight is 367 g/mol. The highest BCUT2D eigenvalue weighted by Gasteiger charge is 2.32. The van der Waals surface area contributed by atoms with Crippen molar-refractivity contribution in [1.29, 1.82) is 0 Å². The fourth-order valence-corrected chi connectivity index (χ4v) is 3.88. The van der Waals surface area contributed by atoms with Gasteiger partial charge in [0.05, 0.1) is 23.5 Å². The predicted molar refractivity (Wildman–Crippen MR) is 85.3 cm³/mol. The van der Waals surface area contributed by atoms with Gasteiger partial charge in [-0.2, -0.15) is 0 Å². The summed E-state index contributed by atoms with van der Waals surface area (Å²) >= 11 is 3.41. The van der Waals surface area contributed by atoms with Gasteiger partial charge in [0, 0.05) is 4.47 Å². The Morgan fingerprint density at radius 2 is 2.18 bits per heavy atom. The quantitative estimate of drug-likeness (QED) is 0.813. The van der Waals surface area contributed by atoms with Crippen molar-refractivity contribution in [3.63, 3.8) is 0 Å². The highest BCUT2D eigenvalue weighted by atomic mass is 79.9. The third kappa shape index (κ3) is 2.29. The zero-order valence-corrected chi connectivity index (χ0v) is 13.5. The maximum Gasteiger partial charge on any atom is 0.317 e. The molecule has 2 heterocycles. The monoisotopic (exact) mass is 366 g/mol. The first-order chi connectivity index (χ1) is 10.4. The number of aromatic nitrogens is 2. The fraction of sp³-hybridized carbons (Fsp3) is 0.400. The number of aromatic amines is 1. The van der Waals surface area contributed by atoms with E-state index >= 15 is 0 Å². The van der Waals surface area contributed by atoms with Crippen LogP contribution in [-0.2, 0) is 11.2 Å². The van der Waals surface area contributed by atoms with E-state index in [1.807, 2.05) is 13.0 Å². The number of aliphatic carboxylic acids is 1. The van der Waals surface area contributed by atoms with Crippen LogP contribution in [0, 0.1) is 5.92 Å². The lowest BCUT2D eigenvalue weighted by Gasteiger charge is -2.33. The third-order valence-electron chi connectivity index (χ3n) is 4.32. The summed E-state index contributed by atoms with van der Waals surface area (Å²) in [5, 5.41) is 9.18. The van der Waals surface area contributed by atoms with Crippen molar-refractivity contribution >= 4 is 32.9 Å². The Balaban J connectivity index is 2.40. The number of nitrogens with zero attached hydrogens (tertiary/aromatic N) is 1. The molecule has 22 heavy (non-hydrogen) atoms. The van der Waals surface area contributed by atoms with E-state index in [9.17, 15) is 19.5 Å². The number of halogens is 1. The van der Waals surface area contributed by atoms with E-state index in [-0.39, 0.29) is 12.3 Å². The molecule has 2 aromatic rings. The highest BCUT2D eigenvalue weighted by Crippen LogP contribution is 2.37. The Kier molecular flexibility index (Phi) is 3.68. The smallest absolute Gasteiger partial charge is 0.317 e. The summed E-state index contributed by atoms with van der Waals surface area (Å²) in [5.74, 6) is -0.954. The Morgan fingerprint density at radius 1 is 1.45 bits per heavy atom. The van der Waals surface area contributed by atoms with Gasteiger partial charge in [0.25, 0.3) is 0 Å². The van der Waals surface area contributed by atoms with Gasteiger partial charge in [0.2, 0.25) is 0 Å². The van der Waals surface area contributed by atoms with Gasteiger partial charge in [0.1, 0.15) is 0 Å². The molecule has 1 unspecified atom stereocenters. The van der Waals surface area contributed by atoms with E-state index < -0.39 is 23.1 Å². The van der Waals surface area contributed by atoms with Gasteiger partial charge >= 0.3 is 17.1 Å². The molecule has 0 fully saturated rings. The molecular weight excluding hydrogens is 352 g/mol. The fourth-order valence-electron chi connectivity index (χ4n) is 3.38. The summed E-state index contributed by atoms with van der Waals surface area (Å²) in [6.45, 7) is 1.97. The summed E-state index contributed by atoms with van der Waals surface area (Å²) in [5.41, 5.74) is 0.748. The summed E-state index contributed by atoms with van der Waals surface area (Å²) in [6, 6.07) is 3.17. The molecular formula is C15H15BrN2O4. The van der Waals surface area contributed by atoms with Gasteiger partial charge < -0.3 is 10.1 Å². The second kappa shape index (κ2) is 5.39. The molecule has 2 N–H and O–H groups in total. The van der Waals surface area contributed by atoms with Gasteiger partial charge in [0.15, 0.2) is 0 Å². The number of carboxylic acid groups (broad SMARTS) is 1. The first-order valence-corrected chi connectivity index (χ1v) is 7.90. The SMILES string of the molecule is CC[C@H]1Cc2cc(Br)cc3[nH]c(=O)c(=O)n(c23)C1CC(=O)O. The lowest BCUT2D eigenvalue weighted by molar-refractivity contribution is -0.138. The van der Waals surface area contributed by atoms with Crippen LogP contribution in [0.15, 0.2) is 26.2 Å². The molecule has 0 radical (unpaired) electrons. The Hall–Kier alpha value is -1.89. The molecule has 1 aliphatic rings. The van der Waals surface area contributed by atoms with E-state index in [0.29, 0.717) is 17.5 Å². The minimum absolute atomic E-state index is 0.0144. The Labute approximate surface area is 133 Å². The molecule has 1 aliphatic heterocycles. The predicted octanol–water partition coefficient (Wildman–Crippen LogP) is 2.05. The van der Waals surface area contributed by atoms with Crippen LogP contribution < -0.4 is 11.1 Å². The maximum absolute atomic E-state index is 12.4. The molecule has 1 aromatic heterocycles. The number of nitrogens with one attached hydrogen (secondary N) is 1. The first kappa shape index (κ1) is 15.0. The number of carbonyl (C=O) groups is 1. The summed E-state index contributed by atoms with van der Waals surface area (Å²) in [6.07, 6.45) is 1.27. The van der Waals surface area contributed by atoms with Crippen molar-refractivity contribution in [2.24, 2.45) is 5.92 Å². The molecule has 0 amide bonds.